The predicted molar refractivity (Wildman–Crippen MR) is 158 cm³/mol. The first kappa shape index (κ1) is 27.7. The van der Waals surface area contributed by atoms with Gasteiger partial charge < -0.3 is 19.9 Å². The van der Waals surface area contributed by atoms with Crippen LogP contribution in [0.2, 0.25) is 0 Å². The number of aromatic nitrogens is 3. The quantitative estimate of drug-likeness (QED) is 0.311. The normalized spacial score (nSPS) is 17.4. The molecule has 5 heterocycles. The van der Waals surface area contributed by atoms with E-state index in [0.29, 0.717) is 75.7 Å². The van der Waals surface area contributed by atoms with E-state index in [2.05, 4.69) is 26.7 Å². The van der Waals surface area contributed by atoms with E-state index in [9.17, 15) is 13.2 Å². The number of carbonyl (C=O) groups is 1. The van der Waals surface area contributed by atoms with Crippen LogP contribution in [0.15, 0.2) is 36.9 Å². The number of fused-ring (bicyclic) bond motifs is 2. The van der Waals surface area contributed by atoms with Gasteiger partial charge in [0.2, 0.25) is 15.9 Å². The molecule has 6 rings (SSSR count). The molecule has 11 nitrogen and oxygen atoms in total. The number of hydrogen-bond acceptors (Lipinski definition) is 9. The van der Waals surface area contributed by atoms with Crippen molar-refractivity contribution in [1.29, 1.82) is 0 Å². The molecule has 0 radical (unpaired) electrons. The molecule has 2 aliphatic rings. The minimum absolute atomic E-state index is 0.249. The number of sulfonamides is 1. The van der Waals surface area contributed by atoms with Crippen molar-refractivity contribution in [3.63, 3.8) is 0 Å². The molecular formula is C27H30FN7O4S2. The van der Waals surface area contributed by atoms with Gasteiger partial charge in [0.05, 0.1) is 35.2 Å². The third-order valence-electron chi connectivity index (χ3n) is 7.31. The number of piperazine rings is 1. The zero-order valence-corrected chi connectivity index (χ0v) is 24.2. The Morgan fingerprint density at radius 2 is 1.93 bits per heavy atom. The number of aromatic amines is 1. The van der Waals surface area contributed by atoms with Gasteiger partial charge in [-0.05, 0) is 30.3 Å². The van der Waals surface area contributed by atoms with E-state index in [1.807, 2.05) is 6.07 Å². The maximum absolute atomic E-state index is 15.5. The Bertz CT molecular complexity index is 1740. The van der Waals surface area contributed by atoms with E-state index >= 15 is 4.39 Å². The number of rotatable bonds is 7. The van der Waals surface area contributed by atoms with Crippen LogP contribution in [-0.4, -0.2) is 97.2 Å². The molecule has 0 unspecified atom stereocenters. The summed E-state index contributed by atoms with van der Waals surface area (Å²) in [4.78, 5) is 30.2. The van der Waals surface area contributed by atoms with Crippen LogP contribution >= 0.6 is 11.3 Å². The average molecular weight is 600 g/mol. The van der Waals surface area contributed by atoms with E-state index in [4.69, 9.17) is 14.7 Å². The lowest BCUT2D eigenvalue weighted by molar-refractivity contribution is -0.111. The topological polar surface area (TPSA) is 124 Å². The van der Waals surface area contributed by atoms with Gasteiger partial charge in [-0.2, -0.15) is 4.31 Å². The number of H-pyrrole nitrogens is 1. The third kappa shape index (κ3) is 5.70. The number of halogens is 1. The van der Waals surface area contributed by atoms with Crippen molar-refractivity contribution >= 4 is 60.0 Å². The zero-order valence-electron chi connectivity index (χ0n) is 22.5. The number of thiophene rings is 1. The van der Waals surface area contributed by atoms with E-state index in [1.165, 1.54) is 22.7 Å². The van der Waals surface area contributed by atoms with Gasteiger partial charge >= 0.3 is 0 Å². The lowest BCUT2D eigenvalue weighted by Gasteiger charge is -2.32. The van der Waals surface area contributed by atoms with Crippen LogP contribution in [0.3, 0.4) is 0 Å². The molecule has 3 aromatic heterocycles. The second kappa shape index (κ2) is 11.1. The summed E-state index contributed by atoms with van der Waals surface area (Å²) in [5, 5.41) is 3.24. The molecule has 1 aromatic carbocycles. The van der Waals surface area contributed by atoms with Crippen molar-refractivity contribution in [1.82, 2.24) is 24.2 Å². The average Bonchev–Trinajstić information content (AvgIpc) is 3.55. The van der Waals surface area contributed by atoms with E-state index < -0.39 is 15.8 Å². The molecule has 1 amide bonds. The van der Waals surface area contributed by atoms with Gasteiger partial charge in [0.25, 0.3) is 0 Å². The summed E-state index contributed by atoms with van der Waals surface area (Å²) < 4.78 is 47.3. The highest BCUT2D eigenvalue weighted by Crippen LogP contribution is 2.38. The molecule has 2 saturated heterocycles. The van der Waals surface area contributed by atoms with E-state index in [1.54, 1.807) is 23.5 Å². The Morgan fingerprint density at radius 3 is 2.63 bits per heavy atom. The van der Waals surface area contributed by atoms with Gasteiger partial charge in [-0.15, -0.1) is 11.3 Å². The molecule has 0 bridgehead atoms. The number of ether oxygens (including phenoxy) is 1. The van der Waals surface area contributed by atoms with Gasteiger partial charge in [-0.3, -0.25) is 9.69 Å². The van der Waals surface area contributed by atoms with Crippen molar-refractivity contribution in [3.05, 3.63) is 47.6 Å². The summed E-state index contributed by atoms with van der Waals surface area (Å²) in [7, 11) is -3.20. The Balaban J connectivity index is 1.39. The number of nitrogens with zero attached hydrogens (tertiary/aromatic N) is 5. The highest BCUT2D eigenvalue weighted by Gasteiger charge is 2.26. The fourth-order valence-electron chi connectivity index (χ4n) is 5.24. The first-order valence-corrected chi connectivity index (χ1v) is 15.9. The third-order valence-corrected chi connectivity index (χ3v) is 9.72. The van der Waals surface area contributed by atoms with Gasteiger partial charge in [-0.25, -0.2) is 22.8 Å². The van der Waals surface area contributed by atoms with Crippen molar-refractivity contribution in [2.45, 2.75) is 6.54 Å². The fourth-order valence-corrected chi connectivity index (χ4v) is 7.22. The minimum Gasteiger partial charge on any atom is -0.378 e. The van der Waals surface area contributed by atoms with Crippen molar-refractivity contribution in [3.8, 4) is 11.4 Å². The number of anilines is 2. The molecule has 2 aliphatic heterocycles. The first-order valence-electron chi connectivity index (χ1n) is 13.3. The number of hydrogen-bond donors (Lipinski definition) is 2. The number of benzene rings is 1. The molecule has 0 saturated carbocycles. The zero-order chi connectivity index (χ0) is 28.7. The summed E-state index contributed by atoms with van der Waals surface area (Å²) in [6.07, 6.45) is 2.41. The number of amides is 1. The first-order chi connectivity index (χ1) is 19.7. The van der Waals surface area contributed by atoms with Crippen LogP contribution in [0.25, 0.3) is 32.5 Å². The summed E-state index contributed by atoms with van der Waals surface area (Å²) in [5.74, 6) is 0.561. The smallest absolute Gasteiger partial charge is 0.248 e. The van der Waals surface area contributed by atoms with Crippen LogP contribution in [0.1, 0.15) is 4.88 Å². The van der Waals surface area contributed by atoms with Crippen molar-refractivity contribution in [2.24, 2.45) is 0 Å². The van der Waals surface area contributed by atoms with Crippen molar-refractivity contribution in [2.75, 3.05) is 69.0 Å². The molecule has 0 atom stereocenters. The molecule has 0 spiro atoms. The maximum atomic E-state index is 15.5. The van der Waals surface area contributed by atoms with Crippen molar-refractivity contribution < 1.29 is 22.3 Å². The van der Waals surface area contributed by atoms with E-state index in [-0.39, 0.29) is 17.3 Å². The van der Waals surface area contributed by atoms with Gasteiger partial charge in [0.15, 0.2) is 11.6 Å². The lowest BCUT2D eigenvalue weighted by atomic mass is 10.1. The highest BCUT2D eigenvalue weighted by atomic mass is 32.2. The largest absolute Gasteiger partial charge is 0.378 e. The maximum Gasteiger partial charge on any atom is 0.248 e. The van der Waals surface area contributed by atoms with Crippen LogP contribution in [0.5, 0.6) is 0 Å². The Hall–Kier alpha value is -3.43. The Labute approximate surface area is 240 Å². The molecular weight excluding hydrogens is 569 g/mol. The fraction of sp³-hybridized carbons (Fsp3) is 0.370. The monoisotopic (exact) mass is 599 g/mol. The second-order valence-electron chi connectivity index (χ2n) is 10.1. The summed E-state index contributed by atoms with van der Waals surface area (Å²) in [5.41, 5.74) is 1.61. The summed E-state index contributed by atoms with van der Waals surface area (Å²) >= 11 is 1.60. The van der Waals surface area contributed by atoms with Crippen LogP contribution < -0.4 is 10.2 Å². The molecule has 14 heteroatoms. The SMILES string of the molecule is C=CC(=O)Nc1cc2c(-c3nc(N4CCOCC4)c4sc(CN5CCN(S(C)(=O)=O)CC5)cc4n3)c(F)ccc2[nH]1. The van der Waals surface area contributed by atoms with Gasteiger partial charge in [0.1, 0.15) is 11.6 Å². The van der Waals surface area contributed by atoms with Crippen LogP contribution in [0.4, 0.5) is 16.0 Å². The lowest BCUT2D eigenvalue weighted by Crippen LogP contribution is -2.47. The summed E-state index contributed by atoms with van der Waals surface area (Å²) in [6.45, 7) is 8.77. The molecule has 2 fully saturated rings. The standard InChI is InChI=1S/C27H30FN7O4S2/c1-3-23(36)31-22-15-18-20(29-22)5-4-19(28)24(18)26-30-21-14-17(16-33-6-8-35(9-7-33)41(2,37)38)40-25(21)27(32-26)34-10-12-39-13-11-34/h3-5,14-15,29H,1,6-13,16H2,2H3,(H,31,36). The molecule has 4 aromatic rings. The van der Waals surface area contributed by atoms with Crippen LogP contribution in [0, 0.1) is 5.82 Å². The second-order valence-corrected chi connectivity index (χ2v) is 13.2. The van der Waals surface area contributed by atoms with Gasteiger partial charge in [-0.1, -0.05) is 6.58 Å². The Morgan fingerprint density at radius 1 is 1.17 bits per heavy atom. The van der Waals surface area contributed by atoms with E-state index in [0.717, 1.165) is 20.9 Å². The number of nitrogens with one attached hydrogen (secondary N) is 2. The minimum atomic E-state index is -3.20. The number of carbonyl (C=O) groups excluding carboxylic acids is 1. The van der Waals surface area contributed by atoms with Crippen LogP contribution in [-0.2, 0) is 26.1 Å². The molecule has 216 valence electrons. The van der Waals surface area contributed by atoms with Gasteiger partial charge in [0, 0.05) is 61.6 Å². The number of morpholine rings is 1. The Kier molecular flexibility index (Phi) is 7.50. The molecule has 41 heavy (non-hydrogen) atoms. The summed E-state index contributed by atoms with van der Waals surface area (Å²) in [6, 6.07) is 6.67. The molecule has 2 N–H and O–H groups in total. The highest BCUT2D eigenvalue weighted by molar-refractivity contribution is 7.88. The predicted octanol–water partition coefficient (Wildman–Crippen LogP) is 3.02. The molecule has 0 aliphatic carbocycles.